The molecule has 2 saturated heterocycles. The number of thioether (sulfide) groups is 1. The van der Waals surface area contributed by atoms with Crippen molar-refractivity contribution in [3.8, 4) is 0 Å². The van der Waals surface area contributed by atoms with E-state index in [1.54, 1.807) is 0 Å². The first kappa shape index (κ1) is 12.2. The summed E-state index contributed by atoms with van der Waals surface area (Å²) < 4.78 is 0. The molecule has 0 saturated carbocycles. The summed E-state index contributed by atoms with van der Waals surface area (Å²) in [5, 5.41) is 9.39. The molecule has 0 spiro atoms. The van der Waals surface area contributed by atoms with Crippen molar-refractivity contribution in [1.82, 2.24) is 4.90 Å². The van der Waals surface area contributed by atoms with Crippen molar-refractivity contribution in [1.29, 1.82) is 0 Å². The van der Waals surface area contributed by atoms with E-state index in [2.05, 4.69) is 0 Å². The zero-order valence-electron chi connectivity index (χ0n) is 9.73. The average Bonchev–Trinajstić information content (AvgIpc) is 2.31. The SMILES string of the molecule is O=C(CC1CCSCC1)N1CCC(O)CC1. The lowest BCUT2D eigenvalue weighted by Crippen LogP contribution is -2.40. The molecule has 0 aromatic heterocycles. The topological polar surface area (TPSA) is 40.5 Å². The third-order valence-corrected chi connectivity index (χ3v) is 4.67. The van der Waals surface area contributed by atoms with E-state index < -0.39 is 0 Å². The van der Waals surface area contributed by atoms with Gasteiger partial charge in [-0.2, -0.15) is 11.8 Å². The molecule has 3 nitrogen and oxygen atoms in total. The first-order valence-electron chi connectivity index (χ1n) is 6.29. The van der Waals surface area contributed by atoms with Gasteiger partial charge in [-0.1, -0.05) is 0 Å². The summed E-state index contributed by atoms with van der Waals surface area (Å²) in [6.07, 6.45) is 4.46. The molecule has 2 rings (SSSR count). The fraction of sp³-hybridized carbons (Fsp3) is 0.917. The standard InChI is InChI=1S/C12H21NO2S/c14-11-1-5-13(6-2-11)12(15)9-10-3-7-16-8-4-10/h10-11,14H,1-9H2. The number of carbonyl (C=O) groups is 1. The summed E-state index contributed by atoms with van der Waals surface area (Å²) in [6.45, 7) is 1.50. The van der Waals surface area contributed by atoms with Gasteiger partial charge in [0.15, 0.2) is 0 Å². The minimum Gasteiger partial charge on any atom is -0.393 e. The average molecular weight is 243 g/mol. The number of aliphatic hydroxyl groups is 1. The van der Waals surface area contributed by atoms with Crippen LogP contribution in [0.25, 0.3) is 0 Å². The molecule has 16 heavy (non-hydrogen) atoms. The van der Waals surface area contributed by atoms with Crippen LogP contribution in [0.4, 0.5) is 0 Å². The van der Waals surface area contributed by atoms with Gasteiger partial charge in [-0.05, 0) is 43.1 Å². The van der Waals surface area contributed by atoms with Gasteiger partial charge >= 0.3 is 0 Å². The van der Waals surface area contributed by atoms with Crippen LogP contribution in [0.2, 0.25) is 0 Å². The molecule has 0 aliphatic carbocycles. The van der Waals surface area contributed by atoms with Crippen LogP contribution < -0.4 is 0 Å². The Hall–Kier alpha value is -0.220. The maximum Gasteiger partial charge on any atom is 0.222 e. The van der Waals surface area contributed by atoms with Crippen LogP contribution in [-0.2, 0) is 4.79 Å². The molecule has 0 bridgehead atoms. The first-order chi connectivity index (χ1) is 7.75. The van der Waals surface area contributed by atoms with Crippen LogP contribution in [0.1, 0.15) is 32.1 Å². The lowest BCUT2D eigenvalue weighted by molar-refractivity contribution is -0.134. The number of rotatable bonds is 2. The quantitative estimate of drug-likeness (QED) is 0.799. The summed E-state index contributed by atoms with van der Waals surface area (Å²) >= 11 is 2.00. The van der Waals surface area contributed by atoms with E-state index in [0.717, 1.165) is 32.4 Å². The molecule has 0 aromatic rings. The molecule has 4 heteroatoms. The summed E-state index contributed by atoms with van der Waals surface area (Å²) in [7, 11) is 0. The molecule has 0 unspecified atom stereocenters. The second kappa shape index (κ2) is 5.92. The number of piperidine rings is 1. The third-order valence-electron chi connectivity index (χ3n) is 3.62. The van der Waals surface area contributed by atoms with Crippen molar-refractivity contribution < 1.29 is 9.90 Å². The number of carbonyl (C=O) groups excluding carboxylic acids is 1. The Morgan fingerprint density at radius 2 is 1.81 bits per heavy atom. The van der Waals surface area contributed by atoms with E-state index in [4.69, 9.17) is 0 Å². The van der Waals surface area contributed by atoms with Crippen LogP contribution in [-0.4, -0.2) is 46.6 Å². The second-order valence-electron chi connectivity index (χ2n) is 4.87. The van der Waals surface area contributed by atoms with Crippen LogP contribution in [0, 0.1) is 5.92 Å². The number of amides is 1. The van der Waals surface area contributed by atoms with Crippen molar-refractivity contribution in [2.45, 2.75) is 38.2 Å². The molecule has 1 amide bonds. The molecule has 92 valence electrons. The number of aliphatic hydroxyl groups excluding tert-OH is 1. The van der Waals surface area contributed by atoms with Gasteiger partial charge in [-0.15, -0.1) is 0 Å². The van der Waals surface area contributed by atoms with Gasteiger partial charge in [0.05, 0.1) is 6.10 Å². The van der Waals surface area contributed by atoms with Gasteiger partial charge in [0.2, 0.25) is 5.91 Å². The Kier molecular flexibility index (Phi) is 4.53. The summed E-state index contributed by atoms with van der Waals surface area (Å²) in [4.78, 5) is 13.9. The molecular weight excluding hydrogens is 222 g/mol. The van der Waals surface area contributed by atoms with E-state index in [0.29, 0.717) is 11.8 Å². The van der Waals surface area contributed by atoms with Crippen LogP contribution in [0.5, 0.6) is 0 Å². The minimum atomic E-state index is -0.185. The summed E-state index contributed by atoms with van der Waals surface area (Å²) in [5.41, 5.74) is 0. The smallest absolute Gasteiger partial charge is 0.222 e. The molecule has 2 aliphatic rings. The number of hydrogen-bond donors (Lipinski definition) is 1. The molecule has 0 aromatic carbocycles. The van der Waals surface area contributed by atoms with Crippen LogP contribution in [0.3, 0.4) is 0 Å². The van der Waals surface area contributed by atoms with Gasteiger partial charge in [0.1, 0.15) is 0 Å². The second-order valence-corrected chi connectivity index (χ2v) is 6.10. The fourth-order valence-electron chi connectivity index (χ4n) is 2.44. The van der Waals surface area contributed by atoms with Crippen molar-refractivity contribution in [3.63, 3.8) is 0 Å². The van der Waals surface area contributed by atoms with E-state index in [-0.39, 0.29) is 6.10 Å². The van der Waals surface area contributed by atoms with Gasteiger partial charge in [-0.3, -0.25) is 4.79 Å². The number of hydrogen-bond acceptors (Lipinski definition) is 3. The van der Waals surface area contributed by atoms with Crippen LogP contribution >= 0.6 is 11.8 Å². The van der Waals surface area contributed by atoms with Crippen molar-refractivity contribution >= 4 is 17.7 Å². The lowest BCUT2D eigenvalue weighted by Gasteiger charge is -2.31. The van der Waals surface area contributed by atoms with E-state index in [9.17, 15) is 9.90 Å². The Morgan fingerprint density at radius 1 is 1.19 bits per heavy atom. The van der Waals surface area contributed by atoms with E-state index in [1.165, 1.54) is 24.3 Å². The Balaban J connectivity index is 1.74. The molecule has 0 radical (unpaired) electrons. The summed E-state index contributed by atoms with van der Waals surface area (Å²) in [6, 6.07) is 0. The monoisotopic (exact) mass is 243 g/mol. The number of likely N-dealkylation sites (tertiary alicyclic amines) is 1. The maximum atomic E-state index is 12.0. The first-order valence-corrected chi connectivity index (χ1v) is 7.45. The Labute approximate surface area is 102 Å². The van der Waals surface area contributed by atoms with Crippen molar-refractivity contribution in [2.24, 2.45) is 5.92 Å². The highest BCUT2D eigenvalue weighted by molar-refractivity contribution is 7.99. The Morgan fingerprint density at radius 3 is 2.44 bits per heavy atom. The molecular formula is C12H21NO2S. The predicted octanol–water partition coefficient (Wildman–Crippen LogP) is 1.50. The molecule has 2 heterocycles. The van der Waals surface area contributed by atoms with Gasteiger partial charge in [0, 0.05) is 19.5 Å². The normalized spacial score (nSPS) is 24.7. The molecule has 0 atom stereocenters. The zero-order valence-corrected chi connectivity index (χ0v) is 10.5. The highest BCUT2D eigenvalue weighted by Crippen LogP contribution is 2.26. The van der Waals surface area contributed by atoms with Crippen LogP contribution in [0.15, 0.2) is 0 Å². The van der Waals surface area contributed by atoms with Gasteiger partial charge in [0.25, 0.3) is 0 Å². The van der Waals surface area contributed by atoms with E-state index >= 15 is 0 Å². The lowest BCUT2D eigenvalue weighted by atomic mass is 9.97. The molecule has 2 aliphatic heterocycles. The highest BCUT2D eigenvalue weighted by atomic mass is 32.2. The summed E-state index contributed by atoms with van der Waals surface area (Å²) in [5.74, 6) is 3.36. The minimum absolute atomic E-state index is 0.185. The molecule has 1 N–H and O–H groups in total. The van der Waals surface area contributed by atoms with Gasteiger partial charge in [-0.25, -0.2) is 0 Å². The van der Waals surface area contributed by atoms with Crippen molar-refractivity contribution in [2.75, 3.05) is 24.6 Å². The number of nitrogens with zero attached hydrogens (tertiary/aromatic N) is 1. The Bertz CT molecular complexity index is 233. The zero-order chi connectivity index (χ0) is 11.4. The van der Waals surface area contributed by atoms with Gasteiger partial charge < -0.3 is 10.0 Å². The third kappa shape index (κ3) is 3.39. The molecule has 2 fully saturated rings. The van der Waals surface area contributed by atoms with Crippen molar-refractivity contribution in [3.05, 3.63) is 0 Å². The fourth-order valence-corrected chi connectivity index (χ4v) is 3.65. The highest BCUT2D eigenvalue weighted by Gasteiger charge is 2.24. The maximum absolute atomic E-state index is 12.0. The predicted molar refractivity (Wildman–Crippen MR) is 66.5 cm³/mol. The largest absolute Gasteiger partial charge is 0.393 e. The van der Waals surface area contributed by atoms with E-state index in [1.807, 2.05) is 16.7 Å².